The van der Waals surface area contributed by atoms with Crippen molar-refractivity contribution in [3.8, 4) is 0 Å². The molecule has 0 aromatic heterocycles. The summed E-state index contributed by atoms with van der Waals surface area (Å²) in [7, 11) is 0. The number of aliphatic carboxylic acids is 2. The Morgan fingerprint density at radius 3 is 2.42 bits per heavy atom. The zero-order valence-electron chi connectivity index (χ0n) is 10.9. The van der Waals surface area contributed by atoms with Crippen LogP contribution < -0.4 is 0 Å². The van der Waals surface area contributed by atoms with Crippen molar-refractivity contribution in [1.29, 1.82) is 0 Å². The van der Waals surface area contributed by atoms with E-state index >= 15 is 0 Å². The Labute approximate surface area is 112 Å². The highest BCUT2D eigenvalue weighted by Crippen LogP contribution is 2.21. The van der Waals surface area contributed by atoms with Gasteiger partial charge in [0.25, 0.3) is 0 Å². The Balaban J connectivity index is 3.09. The Morgan fingerprint density at radius 2 is 1.84 bits per heavy atom. The monoisotopic (exact) mass is 262 g/mol. The lowest BCUT2D eigenvalue weighted by Crippen LogP contribution is -2.06. The first-order valence-electron chi connectivity index (χ1n) is 6.32. The van der Waals surface area contributed by atoms with Gasteiger partial charge in [-0.15, -0.1) is 0 Å². The number of benzene rings is 1. The molecule has 0 unspecified atom stereocenters. The molecule has 0 spiro atoms. The van der Waals surface area contributed by atoms with Crippen molar-refractivity contribution in [2.45, 2.75) is 32.6 Å². The van der Waals surface area contributed by atoms with E-state index in [2.05, 4.69) is 6.92 Å². The minimum Gasteiger partial charge on any atom is -0.478 e. The van der Waals surface area contributed by atoms with Crippen LogP contribution in [0.15, 0.2) is 30.3 Å². The molecule has 102 valence electrons. The fourth-order valence-corrected chi connectivity index (χ4v) is 1.94. The smallest absolute Gasteiger partial charge is 0.336 e. The average molecular weight is 262 g/mol. The zero-order chi connectivity index (χ0) is 14.3. The van der Waals surface area contributed by atoms with Crippen molar-refractivity contribution in [3.63, 3.8) is 0 Å². The van der Waals surface area contributed by atoms with Gasteiger partial charge >= 0.3 is 11.9 Å². The van der Waals surface area contributed by atoms with Crippen molar-refractivity contribution < 1.29 is 19.8 Å². The van der Waals surface area contributed by atoms with Gasteiger partial charge in [-0.05, 0) is 24.0 Å². The number of hydrogen-bond donors (Lipinski definition) is 2. The highest BCUT2D eigenvalue weighted by molar-refractivity contribution is 6.19. The molecule has 0 radical (unpaired) electrons. The normalized spacial score (nSPS) is 11.3. The topological polar surface area (TPSA) is 74.6 Å². The molecule has 0 atom stereocenters. The molecule has 19 heavy (non-hydrogen) atoms. The van der Waals surface area contributed by atoms with Gasteiger partial charge in [0.05, 0.1) is 5.57 Å². The number of aryl methyl sites for hydroxylation is 1. The van der Waals surface area contributed by atoms with Crippen LogP contribution in [0.3, 0.4) is 0 Å². The summed E-state index contributed by atoms with van der Waals surface area (Å²) in [5.74, 6) is -2.47. The summed E-state index contributed by atoms with van der Waals surface area (Å²) in [5.41, 5.74) is 1.21. The van der Waals surface area contributed by atoms with Gasteiger partial charge in [0.2, 0.25) is 0 Å². The number of carboxylic acids is 2. The number of carbonyl (C=O) groups is 2. The third-order valence-electron chi connectivity index (χ3n) is 2.86. The van der Waals surface area contributed by atoms with Gasteiger partial charge in [-0.2, -0.15) is 0 Å². The molecule has 0 bridgehead atoms. The molecule has 0 aliphatic heterocycles. The second-order valence-corrected chi connectivity index (χ2v) is 4.32. The fraction of sp³-hybridized carbons (Fsp3) is 0.333. The molecule has 4 heteroatoms. The van der Waals surface area contributed by atoms with Crippen molar-refractivity contribution >= 4 is 17.5 Å². The van der Waals surface area contributed by atoms with Crippen LogP contribution in [0.25, 0.3) is 5.57 Å². The van der Waals surface area contributed by atoms with Gasteiger partial charge in [0.15, 0.2) is 0 Å². The number of rotatable bonds is 7. The first-order valence-corrected chi connectivity index (χ1v) is 6.32. The van der Waals surface area contributed by atoms with E-state index in [1.54, 1.807) is 12.1 Å². The summed E-state index contributed by atoms with van der Waals surface area (Å²) < 4.78 is 0. The molecule has 1 aromatic carbocycles. The van der Waals surface area contributed by atoms with Crippen LogP contribution in [0.2, 0.25) is 0 Å². The van der Waals surface area contributed by atoms with Crippen molar-refractivity contribution in [1.82, 2.24) is 0 Å². The second kappa shape index (κ2) is 7.36. The van der Waals surface area contributed by atoms with E-state index in [0.29, 0.717) is 5.56 Å². The first kappa shape index (κ1) is 15.0. The third-order valence-corrected chi connectivity index (χ3v) is 2.86. The van der Waals surface area contributed by atoms with Crippen LogP contribution in [0.5, 0.6) is 0 Å². The van der Waals surface area contributed by atoms with E-state index in [9.17, 15) is 9.59 Å². The fourth-order valence-electron chi connectivity index (χ4n) is 1.94. The highest BCUT2D eigenvalue weighted by Gasteiger charge is 2.15. The lowest BCUT2D eigenvalue weighted by molar-refractivity contribution is -0.133. The molecule has 1 aromatic rings. The van der Waals surface area contributed by atoms with Crippen LogP contribution in [0.4, 0.5) is 0 Å². The van der Waals surface area contributed by atoms with Gasteiger partial charge in [-0.1, -0.05) is 44.0 Å². The van der Waals surface area contributed by atoms with Crippen LogP contribution >= 0.6 is 0 Å². The minimum absolute atomic E-state index is 0.167. The molecule has 1 rings (SSSR count). The molecule has 2 N–H and O–H groups in total. The van der Waals surface area contributed by atoms with Crippen LogP contribution in [0, 0.1) is 0 Å². The number of unbranched alkanes of at least 4 members (excludes halogenated alkanes) is 2. The molecule has 0 aliphatic carbocycles. The Kier molecular flexibility index (Phi) is 5.79. The SMILES string of the molecule is CCCCCc1ccccc1/C(=C/C(=O)O)C(=O)O. The standard InChI is InChI=1S/C15H18O4/c1-2-3-4-7-11-8-5-6-9-12(11)13(15(18)19)10-14(16)17/h5-6,8-10H,2-4,7H2,1H3,(H,16,17)(H,18,19)/b13-10-. The van der Waals surface area contributed by atoms with E-state index in [-0.39, 0.29) is 5.57 Å². The van der Waals surface area contributed by atoms with E-state index in [1.807, 2.05) is 12.1 Å². The predicted molar refractivity (Wildman–Crippen MR) is 72.9 cm³/mol. The van der Waals surface area contributed by atoms with Gasteiger partial charge in [0.1, 0.15) is 0 Å². The highest BCUT2D eigenvalue weighted by atomic mass is 16.4. The van der Waals surface area contributed by atoms with Crippen LogP contribution in [0.1, 0.15) is 37.3 Å². The second-order valence-electron chi connectivity index (χ2n) is 4.32. The van der Waals surface area contributed by atoms with Crippen molar-refractivity contribution in [2.75, 3.05) is 0 Å². The van der Waals surface area contributed by atoms with Gasteiger partial charge in [-0.25, -0.2) is 9.59 Å². The Hall–Kier alpha value is -2.10. The summed E-state index contributed by atoms with van der Waals surface area (Å²) in [6, 6.07) is 7.07. The molecular formula is C15H18O4. The van der Waals surface area contributed by atoms with Crippen LogP contribution in [-0.2, 0) is 16.0 Å². The van der Waals surface area contributed by atoms with Crippen molar-refractivity contribution in [3.05, 3.63) is 41.5 Å². The quantitative estimate of drug-likeness (QED) is 0.585. The predicted octanol–water partition coefficient (Wildman–Crippen LogP) is 2.97. The summed E-state index contributed by atoms with van der Waals surface area (Å²) in [5, 5.41) is 17.9. The molecule has 0 amide bonds. The maximum absolute atomic E-state index is 11.2. The largest absolute Gasteiger partial charge is 0.478 e. The molecule has 0 fully saturated rings. The molecule has 0 saturated carbocycles. The minimum atomic E-state index is -1.25. The van der Waals surface area contributed by atoms with Crippen LogP contribution in [-0.4, -0.2) is 22.2 Å². The van der Waals surface area contributed by atoms with E-state index in [4.69, 9.17) is 10.2 Å². The molecule has 0 aliphatic rings. The van der Waals surface area contributed by atoms with E-state index in [1.165, 1.54) is 0 Å². The summed E-state index contributed by atoms with van der Waals surface area (Å²) in [4.78, 5) is 21.9. The Bertz CT molecular complexity index is 489. The lowest BCUT2D eigenvalue weighted by atomic mass is 9.95. The maximum atomic E-state index is 11.2. The summed E-state index contributed by atoms with van der Waals surface area (Å²) in [6.07, 6.45) is 4.63. The van der Waals surface area contributed by atoms with E-state index in [0.717, 1.165) is 37.3 Å². The van der Waals surface area contributed by atoms with Gasteiger partial charge in [-0.3, -0.25) is 0 Å². The number of hydrogen-bond acceptors (Lipinski definition) is 2. The van der Waals surface area contributed by atoms with Gasteiger partial charge in [0, 0.05) is 6.08 Å². The molecule has 0 saturated heterocycles. The van der Waals surface area contributed by atoms with Gasteiger partial charge < -0.3 is 10.2 Å². The van der Waals surface area contributed by atoms with Crippen molar-refractivity contribution in [2.24, 2.45) is 0 Å². The lowest BCUT2D eigenvalue weighted by Gasteiger charge is -2.09. The molecular weight excluding hydrogens is 244 g/mol. The Morgan fingerprint density at radius 1 is 1.16 bits per heavy atom. The zero-order valence-corrected chi connectivity index (χ0v) is 10.9. The molecule has 4 nitrogen and oxygen atoms in total. The summed E-state index contributed by atoms with van der Waals surface area (Å²) >= 11 is 0. The first-order chi connectivity index (χ1) is 9.06. The molecule has 0 heterocycles. The third kappa shape index (κ3) is 4.58. The van der Waals surface area contributed by atoms with E-state index < -0.39 is 11.9 Å². The average Bonchev–Trinajstić information content (AvgIpc) is 2.36. The number of carboxylic acid groups (broad SMARTS) is 2. The summed E-state index contributed by atoms with van der Waals surface area (Å²) in [6.45, 7) is 2.10. The maximum Gasteiger partial charge on any atom is 0.336 e.